The molecule has 0 atom stereocenters. The summed E-state index contributed by atoms with van der Waals surface area (Å²) < 4.78 is 0.844. The number of aliphatic hydroxyl groups excluding tert-OH is 1. The Hall–Kier alpha value is -3.43. The first-order chi connectivity index (χ1) is 14.1. The molecule has 0 saturated carbocycles. The molecule has 0 rings (SSSR count). The maximum Gasteiger partial charge on any atom is 0.371 e. The van der Waals surface area contributed by atoms with Crippen molar-refractivity contribution >= 4 is 41.4 Å². The number of Topliss-reactive ketones (excluding diaryl/α,β-unsaturated/α-hetero) is 2. The number of rotatable bonds is 9. The maximum absolute atomic E-state index is 10.2. The van der Waals surface area contributed by atoms with E-state index >= 15 is 0 Å². The average molecular weight is 471 g/mol. The minimum atomic E-state index is -2.85. The van der Waals surface area contributed by atoms with Crippen LogP contribution < -0.4 is 5.11 Å². The van der Waals surface area contributed by atoms with Crippen molar-refractivity contribution in [2.75, 3.05) is 34.3 Å². The lowest BCUT2D eigenvalue weighted by Gasteiger charge is -2.25. The van der Waals surface area contributed by atoms with Crippen molar-refractivity contribution in [3.8, 4) is 0 Å². The molecule has 186 valence electrons. The van der Waals surface area contributed by atoms with Gasteiger partial charge in [-0.1, -0.05) is 0 Å². The number of hydrogen-bond acceptors (Lipinski definition) is 10. The second kappa shape index (κ2) is 17.3. The van der Waals surface area contributed by atoms with E-state index in [1.54, 1.807) is 0 Å². The lowest BCUT2D eigenvalue weighted by Crippen LogP contribution is -2.51. The second-order valence-electron chi connectivity index (χ2n) is 6.92. The number of aliphatic hydroxyl groups is 2. The van der Waals surface area contributed by atoms with Gasteiger partial charge in [-0.15, -0.1) is 0 Å². The van der Waals surface area contributed by atoms with Gasteiger partial charge in [0.25, 0.3) is 0 Å². The van der Waals surface area contributed by atoms with Crippen LogP contribution in [0.1, 0.15) is 26.7 Å². The van der Waals surface area contributed by atoms with Gasteiger partial charge in [-0.25, -0.2) is 9.59 Å². The first kappa shape index (κ1) is 36.0. The number of carboxylic acids is 5. The third kappa shape index (κ3) is 28.8. The monoisotopic (exact) mass is 471 g/mol. The van der Waals surface area contributed by atoms with Crippen molar-refractivity contribution in [3.05, 3.63) is 0 Å². The fraction of sp³-hybridized carbons (Fsp3) is 0.588. The minimum Gasteiger partial charge on any atom is -0.547 e. The number of quaternary nitrogens is 1. The second-order valence-corrected chi connectivity index (χ2v) is 6.92. The Morgan fingerprint density at radius 1 is 0.750 bits per heavy atom. The molecule has 0 unspecified atom stereocenters. The standard InChI is InChI=1S/C6H8O7.C5H14NO.2C3H4O3/c7-3(8)1-6(13,5(11)12)2-4(9)10;1-6(2,3)4-5-7;2*1-2(4)3(5)6/h13H,1-2H2,(H,7,8)(H,9,10)(H,11,12);7H,4-5H2,1-3H3;2*1H3,(H,5,6)/q;+1;;/p-1. The highest BCUT2D eigenvalue weighted by Gasteiger charge is 2.34. The molecule has 0 heterocycles. The van der Waals surface area contributed by atoms with Crippen LogP contribution >= 0.6 is 0 Å². The molecule has 0 saturated heterocycles. The van der Waals surface area contributed by atoms with Crippen LogP contribution in [0.3, 0.4) is 0 Å². The molecule has 15 nitrogen and oxygen atoms in total. The number of carbonyl (C=O) groups is 7. The number of carbonyl (C=O) groups excluding carboxylic acids is 3. The van der Waals surface area contributed by atoms with Crippen LogP contribution in [0.15, 0.2) is 0 Å². The van der Waals surface area contributed by atoms with Gasteiger partial charge in [0, 0.05) is 13.8 Å². The molecule has 15 heteroatoms. The van der Waals surface area contributed by atoms with Crippen molar-refractivity contribution in [3.63, 3.8) is 0 Å². The first-order valence-corrected chi connectivity index (χ1v) is 8.39. The molecule has 0 bridgehead atoms. The smallest absolute Gasteiger partial charge is 0.371 e. The van der Waals surface area contributed by atoms with E-state index in [0.717, 1.165) is 24.9 Å². The molecule has 0 aliphatic heterocycles. The summed E-state index contributed by atoms with van der Waals surface area (Å²) in [5.41, 5.74) is -2.85. The number of ketones is 2. The molecule has 0 radical (unpaired) electrons. The fourth-order valence-corrected chi connectivity index (χ4v) is 1.01. The Labute approximate surface area is 182 Å². The Balaban J connectivity index is -0.000000176. The predicted octanol–water partition coefficient (Wildman–Crippen LogP) is -3.58. The van der Waals surface area contributed by atoms with Crippen molar-refractivity contribution < 1.29 is 73.8 Å². The molecule has 0 aromatic heterocycles. The Morgan fingerprint density at radius 2 is 1.00 bits per heavy atom. The summed E-state index contributed by atoms with van der Waals surface area (Å²) in [4.78, 5) is 68.1. The van der Waals surface area contributed by atoms with E-state index in [2.05, 4.69) is 21.1 Å². The highest BCUT2D eigenvalue weighted by Crippen LogP contribution is 2.14. The van der Waals surface area contributed by atoms with Gasteiger partial charge < -0.3 is 45.0 Å². The summed E-state index contributed by atoms with van der Waals surface area (Å²) in [6, 6.07) is 0. The Kier molecular flexibility index (Phi) is 19.4. The van der Waals surface area contributed by atoms with Crippen LogP contribution in [-0.2, 0) is 33.6 Å². The van der Waals surface area contributed by atoms with Crippen LogP contribution in [0.25, 0.3) is 0 Å². The van der Waals surface area contributed by atoms with Gasteiger partial charge in [0.1, 0.15) is 12.1 Å². The topological polar surface area (TPSA) is 264 Å². The number of aliphatic carboxylic acids is 5. The maximum atomic E-state index is 10.2. The van der Waals surface area contributed by atoms with E-state index < -0.39 is 59.9 Å². The highest BCUT2D eigenvalue weighted by atomic mass is 16.4. The zero-order valence-corrected chi connectivity index (χ0v) is 18.2. The SMILES string of the molecule is CC(=O)C(=O)O.CC(=O)C(=O)O.C[N+](C)(C)CCO.O=C(O)CC(O)(CC(=O)O)C(=O)[O-]. The van der Waals surface area contributed by atoms with Crippen LogP contribution in [0.4, 0.5) is 0 Å². The lowest BCUT2D eigenvalue weighted by molar-refractivity contribution is -0.870. The van der Waals surface area contributed by atoms with Crippen molar-refractivity contribution in [2.24, 2.45) is 0 Å². The molecule has 0 aromatic carbocycles. The summed E-state index contributed by atoms with van der Waals surface area (Å²) in [6.45, 7) is 3.12. The molecule has 6 N–H and O–H groups in total. The fourth-order valence-electron chi connectivity index (χ4n) is 1.01. The number of likely N-dealkylation sites (N-methyl/N-ethyl adjacent to an activating group) is 1. The highest BCUT2D eigenvalue weighted by molar-refractivity contribution is 6.31. The molecular weight excluding hydrogens is 442 g/mol. The van der Waals surface area contributed by atoms with Gasteiger partial charge in [0.2, 0.25) is 11.6 Å². The van der Waals surface area contributed by atoms with Crippen LogP contribution in [0.2, 0.25) is 0 Å². The summed E-state index contributed by atoms with van der Waals surface area (Å²) in [5.74, 6) is -9.76. The molecule has 0 fully saturated rings. The van der Waals surface area contributed by atoms with Crippen LogP contribution in [0, 0.1) is 0 Å². The number of carboxylic acid groups (broad SMARTS) is 5. The van der Waals surface area contributed by atoms with Crippen LogP contribution in [-0.4, -0.2) is 116 Å². The molecule has 0 aliphatic rings. The number of nitrogens with zero attached hydrogens (tertiary/aromatic N) is 1. The predicted molar refractivity (Wildman–Crippen MR) is 101 cm³/mol. The van der Waals surface area contributed by atoms with E-state index in [-0.39, 0.29) is 6.61 Å². The Morgan fingerprint density at radius 3 is 1.06 bits per heavy atom. The van der Waals surface area contributed by atoms with Gasteiger partial charge in [-0.05, 0) is 0 Å². The van der Waals surface area contributed by atoms with E-state index in [9.17, 15) is 38.7 Å². The molecule has 0 aliphatic carbocycles. The van der Waals surface area contributed by atoms with Gasteiger partial charge in [-0.3, -0.25) is 19.2 Å². The van der Waals surface area contributed by atoms with Crippen molar-refractivity contribution in [1.82, 2.24) is 0 Å². The molecule has 0 spiro atoms. The molecular formula is C17H29NO14. The first-order valence-electron chi connectivity index (χ1n) is 8.39. The summed E-state index contributed by atoms with van der Waals surface area (Å²) in [6.07, 6.45) is -2.41. The van der Waals surface area contributed by atoms with E-state index in [4.69, 9.17) is 30.6 Å². The van der Waals surface area contributed by atoms with Gasteiger partial charge >= 0.3 is 23.9 Å². The van der Waals surface area contributed by atoms with Crippen molar-refractivity contribution in [2.45, 2.75) is 32.3 Å². The van der Waals surface area contributed by atoms with Gasteiger partial charge in [-0.2, -0.15) is 0 Å². The van der Waals surface area contributed by atoms with Gasteiger partial charge in [0.15, 0.2) is 0 Å². The minimum absolute atomic E-state index is 0.281. The summed E-state index contributed by atoms with van der Waals surface area (Å²) in [5, 5.41) is 59.2. The zero-order valence-electron chi connectivity index (χ0n) is 18.2. The summed E-state index contributed by atoms with van der Waals surface area (Å²) >= 11 is 0. The van der Waals surface area contributed by atoms with E-state index in [1.807, 2.05) is 0 Å². The largest absolute Gasteiger partial charge is 0.547 e. The van der Waals surface area contributed by atoms with E-state index in [1.165, 1.54) is 0 Å². The molecule has 0 aromatic rings. The van der Waals surface area contributed by atoms with E-state index in [0.29, 0.717) is 0 Å². The van der Waals surface area contributed by atoms with Crippen molar-refractivity contribution in [1.29, 1.82) is 0 Å². The average Bonchev–Trinajstić information content (AvgIpc) is 2.53. The third-order valence-electron chi connectivity index (χ3n) is 2.64. The Bertz CT molecular complexity index is 613. The zero-order chi connectivity index (χ0) is 26.9. The molecule has 32 heavy (non-hydrogen) atoms. The summed E-state index contributed by atoms with van der Waals surface area (Å²) in [7, 11) is 6.16. The number of hydrogen-bond donors (Lipinski definition) is 6. The normalized spacial score (nSPS) is 9.84. The molecule has 0 amide bonds. The third-order valence-corrected chi connectivity index (χ3v) is 2.64. The van der Waals surface area contributed by atoms with Gasteiger partial charge in [0.05, 0.1) is 46.6 Å². The quantitative estimate of drug-likeness (QED) is 0.140. The lowest BCUT2D eigenvalue weighted by atomic mass is 9.96. The van der Waals surface area contributed by atoms with Crippen LogP contribution in [0.5, 0.6) is 0 Å².